The fraction of sp³-hybridized carbons (Fsp3) is 0.308. The van der Waals surface area contributed by atoms with Gasteiger partial charge in [0.1, 0.15) is 0 Å². The number of fused-ring (bicyclic) bond motifs is 1. The molecule has 1 aromatic heterocycles. The molecular formula is C13H14F3N3. The molecule has 0 saturated carbocycles. The second-order valence-corrected chi connectivity index (χ2v) is 4.36. The van der Waals surface area contributed by atoms with Crippen LogP contribution in [0.3, 0.4) is 0 Å². The fourth-order valence-electron chi connectivity index (χ4n) is 1.93. The Morgan fingerprint density at radius 3 is 2.68 bits per heavy atom. The van der Waals surface area contributed by atoms with Gasteiger partial charge < -0.3 is 10.6 Å². The van der Waals surface area contributed by atoms with Crippen molar-refractivity contribution >= 4 is 22.3 Å². The van der Waals surface area contributed by atoms with Gasteiger partial charge in [-0.2, -0.15) is 13.2 Å². The monoisotopic (exact) mass is 269 g/mol. The van der Waals surface area contributed by atoms with Crippen LogP contribution >= 0.6 is 0 Å². The Hall–Kier alpha value is -1.98. The lowest BCUT2D eigenvalue weighted by Gasteiger charge is -2.22. The molecule has 0 bridgehead atoms. The second kappa shape index (κ2) is 4.95. The van der Waals surface area contributed by atoms with Crippen LogP contribution in [0.5, 0.6) is 0 Å². The maximum absolute atomic E-state index is 12.3. The number of nitrogen functional groups attached to an aromatic ring is 1. The summed E-state index contributed by atoms with van der Waals surface area (Å²) in [5.41, 5.74) is 7.63. The van der Waals surface area contributed by atoms with Crippen molar-refractivity contribution in [3.8, 4) is 0 Å². The summed E-state index contributed by atoms with van der Waals surface area (Å²) in [5.74, 6) is 0. The van der Waals surface area contributed by atoms with Crippen molar-refractivity contribution in [2.24, 2.45) is 0 Å². The Kier molecular flexibility index (Phi) is 3.50. The number of benzene rings is 1. The van der Waals surface area contributed by atoms with Crippen LogP contribution in [0.25, 0.3) is 10.9 Å². The zero-order valence-corrected chi connectivity index (χ0v) is 10.4. The fourth-order valence-corrected chi connectivity index (χ4v) is 1.93. The van der Waals surface area contributed by atoms with Crippen LogP contribution in [0.4, 0.5) is 24.5 Å². The number of alkyl halides is 3. The summed E-state index contributed by atoms with van der Waals surface area (Å²) in [5, 5.41) is 0.757. The van der Waals surface area contributed by atoms with E-state index in [1.807, 2.05) is 0 Å². The Balaban J connectivity index is 2.32. The quantitative estimate of drug-likeness (QED) is 0.870. The number of anilines is 2. The molecule has 0 fully saturated rings. The Morgan fingerprint density at radius 2 is 2.00 bits per heavy atom. The topological polar surface area (TPSA) is 42.1 Å². The van der Waals surface area contributed by atoms with E-state index in [1.54, 1.807) is 42.4 Å². The van der Waals surface area contributed by atoms with Gasteiger partial charge in [0.15, 0.2) is 0 Å². The molecule has 0 atom stereocenters. The number of hydrogen-bond donors (Lipinski definition) is 1. The van der Waals surface area contributed by atoms with Gasteiger partial charge in [-0.1, -0.05) is 0 Å². The van der Waals surface area contributed by atoms with Crippen molar-refractivity contribution in [3.05, 3.63) is 30.5 Å². The first kappa shape index (κ1) is 13.5. The van der Waals surface area contributed by atoms with Gasteiger partial charge in [-0.15, -0.1) is 0 Å². The Labute approximate surface area is 108 Å². The molecule has 0 saturated heterocycles. The molecule has 102 valence electrons. The van der Waals surface area contributed by atoms with E-state index in [1.165, 1.54) is 0 Å². The second-order valence-electron chi connectivity index (χ2n) is 4.36. The Morgan fingerprint density at radius 1 is 1.26 bits per heavy atom. The highest BCUT2D eigenvalue weighted by atomic mass is 19.4. The smallest absolute Gasteiger partial charge is 0.390 e. The molecule has 1 aromatic carbocycles. The number of hydrogen-bond acceptors (Lipinski definition) is 3. The molecule has 1 heterocycles. The molecule has 0 radical (unpaired) electrons. The van der Waals surface area contributed by atoms with Crippen molar-refractivity contribution in [3.63, 3.8) is 0 Å². The van der Waals surface area contributed by atoms with Crippen LogP contribution in [-0.4, -0.2) is 24.8 Å². The third-order valence-electron chi connectivity index (χ3n) is 2.92. The van der Waals surface area contributed by atoms with Gasteiger partial charge in [-0.05, 0) is 24.3 Å². The summed E-state index contributed by atoms with van der Waals surface area (Å²) in [6.45, 7) is -0.0998. The molecule has 0 amide bonds. The first-order valence-electron chi connectivity index (χ1n) is 5.79. The lowest BCUT2D eigenvalue weighted by atomic mass is 10.1. The summed E-state index contributed by atoms with van der Waals surface area (Å²) in [6.07, 6.45) is -3.40. The first-order valence-corrected chi connectivity index (χ1v) is 5.79. The highest BCUT2D eigenvalue weighted by Crippen LogP contribution is 2.29. The van der Waals surface area contributed by atoms with E-state index in [-0.39, 0.29) is 6.54 Å². The van der Waals surface area contributed by atoms with Crippen LogP contribution in [0, 0.1) is 0 Å². The number of halogens is 3. The SMILES string of the molecule is CN(CCC(F)(F)F)c1ccc(N)c2ncccc12. The van der Waals surface area contributed by atoms with Gasteiger partial charge in [0.05, 0.1) is 17.6 Å². The van der Waals surface area contributed by atoms with Crippen LogP contribution in [0.15, 0.2) is 30.5 Å². The molecular weight excluding hydrogens is 255 g/mol. The van der Waals surface area contributed by atoms with E-state index < -0.39 is 12.6 Å². The molecule has 3 nitrogen and oxygen atoms in total. The van der Waals surface area contributed by atoms with Gasteiger partial charge in [0.2, 0.25) is 0 Å². The van der Waals surface area contributed by atoms with E-state index in [4.69, 9.17) is 5.73 Å². The summed E-state index contributed by atoms with van der Waals surface area (Å²) >= 11 is 0. The van der Waals surface area contributed by atoms with Crippen LogP contribution in [-0.2, 0) is 0 Å². The highest BCUT2D eigenvalue weighted by Gasteiger charge is 2.27. The molecule has 0 aliphatic carbocycles. The molecule has 0 spiro atoms. The van der Waals surface area contributed by atoms with E-state index in [0.717, 1.165) is 5.39 Å². The van der Waals surface area contributed by atoms with Gasteiger partial charge in [-0.3, -0.25) is 4.98 Å². The molecule has 0 unspecified atom stereocenters. The first-order chi connectivity index (χ1) is 8.88. The van der Waals surface area contributed by atoms with Gasteiger partial charge in [0.25, 0.3) is 0 Å². The molecule has 2 rings (SSSR count). The minimum Gasteiger partial charge on any atom is -0.397 e. The molecule has 0 aliphatic heterocycles. The maximum Gasteiger partial charge on any atom is 0.390 e. The average molecular weight is 269 g/mol. The van der Waals surface area contributed by atoms with Gasteiger partial charge >= 0.3 is 6.18 Å². The lowest BCUT2D eigenvalue weighted by Crippen LogP contribution is -2.24. The van der Waals surface area contributed by atoms with Crippen molar-refractivity contribution in [2.45, 2.75) is 12.6 Å². The summed E-state index contributed by atoms with van der Waals surface area (Å²) in [7, 11) is 1.63. The van der Waals surface area contributed by atoms with Crippen molar-refractivity contribution in [1.29, 1.82) is 0 Å². The minimum absolute atomic E-state index is 0.0998. The number of pyridine rings is 1. The molecule has 2 aromatic rings. The molecule has 6 heteroatoms. The third-order valence-corrected chi connectivity index (χ3v) is 2.92. The van der Waals surface area contributed by atoms with Gasteiger partial charge in [-0.25, -0.2) is 0 Å². The van der Waals surface area contributed by atoms with Crippen LogP contribution < -0.4 is 10.6 Å². The predicted octanol–water partition coefficient (Wildman–Crippen LogP) is 3.21. The molecule has 19 heavy (non-hydrogen) atoms. The lowest BCUT2D eigenvalue weighted by molar-refractivity contribution is -0.132. The highest BCUT2D eigenvalue weighted by molar-refractivity contribution is 5.98. The zero-order valence-electron chi connectivity index (χ0n) is 10.4. The third kappa shape index (κ3) is 3.07. The largest absolute Gasteiger partial charge is 0.397 e. The number of nitrogens with zero attached hydrogens (tertiary/aromatic N) is 2. The molecule has 2 N–H and O–H groups in total. The average Bonchev–Trinajstić information content (AvgIpc) is 2.36. The maximum atomic E-state index is 12.3. The van der Waals surface area contributed by atoms with E-state index >= 15 is 0 Å². The standard InChI is InChI=1S/C13H14F3N3/c1-19(8-6-13(14,15)16)11-5-4-10(17)12-9(11)3-2-7-18-12/h2-5,7H,6,8,17H2,1H3. The summed E-state index contributed by atoms with van der Waals surface area (Å²) in [4.78, 5) is 5.73. The number of rotatable bonds is 3. The number of aromatic nitrogens is 1. The van der Waals surface area contributed by atoms with Crippen LogP contribution in [0.2, 0.25) is 0 Å². The van der Waals surface area contributed by atoms with Crippen molar-refractivity contribution < 1.29 is 13.2 Å². The van der Waals surface area contributed by atoms with E-state index in [0.29, 0.717) is 16.9 Å². The van der Waals surface area contributed by atoms with Gasteiger partial charge in [0, 0.05) is 30.9 Å². The van der Waals surface area contributed by atoms with Crippen LogP contribution in [0.1, 0.15) is 6.42 Å². The molecule has 0 aliphatic rings. The van der Waals surface area contributed by atoms with Crippen molar-refractivity contribution in [1.82, 2.24) is 4.98 Å². The number of nitrogens with two attached hydrogens (primary N) is 1. The minimum atomic E-state index is -4.16. The zero-order chi connectivity index (χ0) is 14.0. The van der Waals surface area contributed by atoms with Crippen molar-refractivity contribution in [2.75, 3.05) is 24.2 Å². The Bertz CT molecular complexity index is 581. The van der Waals surface area contributed by atoms with E-state index in [9.17, 15) is 13.2 Å². The normalized spacial score (nSPS) is 11.8. The predicted molar refractivity (Wildman–Crippen MR) is 70.1 cm³/mol. The van der Waals surface area contributed by atoms with E-state index in [2.05, 4.69) is 4.98 Å². The summed E-state index contributed by atoms with van der Waals surface area (Å²) in [6, 6.07) is 6.92. The summed E-state index contributed by atoms with van der Waals surface area (Å²) < 4.78 is 36.8.